The highest BCUT2D eigenvalue weighted by Gasteiger charge is 2.32. The van der Waals surface area contributed by atoms with Crippen molar-refractivity contribution >= 4 is 17.6 Å². The highest BCUT2D eigenvalue weighted by Crippen LogP contribution is 2.31. The van der Waals surface area contributed by atoms with Gasteiger partial charge in [0.15, 0.2) is 5.96 Å². The van der Waals surface area contributed by atoms with E-state index in [9.17, 15) is 4.79 Å². The van der Waals surface area contributed by atoms with Crippen LogP contribution in [0.2, 0.25) is 0 Å². The van der Waals surface area contributed by atoms with Crippen LogP contribution in [0.1, 0.15) is 37.7 Å². The van der Waals surface area contributed by atoms with Crippen LogP contribution in [0.4, 0.5) is 5.69 Å². The van der Waals surface area contributed by atoms with Crippen LogP contribution in [0.5, 0.6) is 0 Å². The first-order valence-electron chi connectivity index (χ1n) is 10.5. The van der Waals surface area contributed by atoms with E-state index in [1.54, 1.807) is 0 Å². The molecule has 0 radical (unpaired) electrons. The topological polar surface area (TPSA) is 78.0 Å². The summed E-state index contributed by atoms with van der Waals surface area (Å²) in [5.41, 5.74) is 2.10. The van der Waals surface area contributed by atoms with Gasteiger partial charge in [-0.2, -0.15) is 0 Å². The third-order valence-corrected chi connectivity index (χ3v) is 5.88. The van der Waals surface area contributed by atoms with Gasteiger partial charge in [0.1, 0.15) is 0 Å². The lowest BCUT2D eigenvalue weighted by atomic mass is 9.90. The SMILES string of the molecule is CCNC(=NCC1CN2CCCC2CO1)NCC1CC(=O)Nc2ccccc21. The maximum absolute atomic E-state index is 12.0. The number of fused-ring (bicyclic) bond motifs is 2. The van der Waals surface area contributed by atoms with Gasteiger partial charge >= 0.3 is 0 Å². The molecule has 0 saturated carbocycles. The number of nitrogens with zero attached hydrogens (tertiary/aromatic N) is 2. The molecular formula is C21H31N5O2. The van der Waals surface area contributed by atoms with Crippen LogP contribution in [-0.2, 0) is 9.53 Å². The molecular weight excluding hydrogens is 354 g/mol. The Morgan fingerprint density at radius 2 is 2.25 bits per heavy atom. The average Bonchev–Trinajstić information content (AvgIpc) is 3.17. The van der Waals surface area contributed by atoms with Gasteiger partial charge < -0.3 is 20.7 Å². The summed E-state index contributed by atoms with van der Waals surface area (Å²) in [6, 6.07) is 8.65. The summed E-state index contributed by atoms with van der Waals surface area (Å²) in [4.78, 5) is 19.3. The van der Waals surface area contributed by atoms with Crippen LogP contribution < -0.4 is 16.0 Å². The smallest absolute Gasteiger partial charge is 0.225 e. The van der Waals surface area contributed by atoms with E-state index in [1.165, 1.54) is 24.9 Å². The quantitative estimate of drug-likeness (QED) is 0.529. The number of aliphatic imine (C=N–C) groups is 1. The van der Waals surface area contributed by atoms with Crippen molar-refractivity contribution in [2.45, 2.75) is 44.2 Å². The summed E-state index contributed by atoms with van der Waals surface area (Å²) in [7, 11) is 0. The molecule has 28 heavy (non-hydrogen) atoms. The molecule has 7 nitrogen and oxygen atoms in total. The molecule has 3 aliphatic rings. The minimum Gasteiger partial charge on any atom is -0.373 e. The number of guanidine groups is 1. The van der Waals surface area contributed by atoms with Gasteiger partial charge in [0.2, 0.25) is 5.91 Å². The average molecular weight is 386 g/mol. The molecule has 3 aliphatic heterocycles. The molecule has 7 heteroatoms. The number of para-hydroxylation sites is 1. The van der Waals surface area contributed by atoms with Crippen LogP contribution in [0.3, 0.4) is 0 Å². The first kappa shape index (κ1) is 19.2. The zero-order valence-corrected chi connectivity index (χ0v) is 16.6. The number of benzene rings is 1. The zero-order chi connectivity index (χ0) is 19.3. The first-order chi connectivity index (χ1) is 13.7. The van der Waals surface area contributed by atoms with Crippen molar-refractivity contribution in [1.82, 2.24) is 15.5 Å². The predicted molar refractivity (Wildman–Crippen MR) is 111 cm³/mol. The Labute approximate surface area is 166 Å². The van der Waals surface area contributed by atoms with Gasteiger partial charge in [-0.05, 0) is 37.9 Å². The summed E-state index contributed by atoms with van der Waals surface area (Å²) in [5, 5.41) is 9.70. The molecule has 1 aromatic carbocycles. The summed E-state index contributed by atoms with van der Waals surface area (Å²) in [6.45, 7) is 7.19. The van der Waals surface area contributed by atoms with E-state index in [2.05, 4.69) is 33.8 Å². The van der Waals surface area contributed by atoms with Gasteiger partial charge in [-0.1, -0.05) is 18.2 Å². The van der Waals surface area contributed by atoms with Crippen LogP contribution in [0.15, 0.2) is 29.3 Å². The minimum atomic E-state index is 0.0724. The number of morpholine rings is 1. The number of rotatable bonds is 5. The van der Waals surface area contributed by atoms with Crippen molar-refractivity contribution in [1.29, 1.82) is 0 Å². The Kier molecular flexibility index (Phi) is 6.12. The molecule has 3 heterocycles. The lowest BCUT2D eigenvalue weighted by Gasteiger charge is -2.34. The van der Waals surface area contributed by atoms with Crippen LogP contribution in [0, 0.1) is 0 Å². The van der Waals surface area contributed by atoms with Crippen molar-refractivity contribution in [2.75, 3.05) is 44.6 Å². The monoisotopic (exact) mass is 385 g/mol. The molecule has 3 N–H and O–H groups in total. The van der Waals surface area contributed by atoms with Gasteiger partial charge in [-0.3, -0.25) is 14.7 Å². The molecule has 2 fully saturated rings. The van der Waals surface area contributed by atoms with Crippen molar-refractivity contribution in [2.24, 2.45) is 4.99 Å². The number of amides is 1. The van der Waals surface area contributed by atoms with Gasteiger partial charge in [-0.25, -0.2) is 0 Å². The zero-order valence-electron chi connectivity index (χ0n) is 16.6. The molecule has 1 amide bonds. The van der Waals surface area contributed by atoms with Crippen molar-refractivity contribution < 1.29 is 9.53 Å². The highest BCUT2D eigenvalue weighted by molar-refractivity contribution is 5.94. The Balaban J connectivity index is 1.35. The van der Waals surface area contributed by atoms with Gasteiger partial charge in [0.05, 0.1) is 19.3 Å². The predicted octanol–water partition coefficient (Wildman–Crippen LogP) is 1.53. The lowest BCUT2D eigenvalue weighted by molar-refractivity contribution is -0.116. The van der Waals surface area contributed by atoms with Crippen molar-refractivity contribution in [3.8, 4) is 0 Å². The third-order valence-electron chi connectivity index (χ3n) is 5.88. The van der Waals surface area contributed by atoms with Gasteiger partial charge in [0, 0.05) is 43.7 Å². The third kappa shape index (κ3) is 4.47. The Hall–Kier alpha value is -2.12. The Morgan fingerprint density at radius 3 is 3.14 bits per heavy atom. The summed E-state index contributed by atoms with van der Waals surface area (Å²) < 4.78 is 6.02. The fourth-order valence-electron chi connectivity index (χ4n) is 4.43. The molecule has 2 saturated heterocycles. The molecule has 0 spiro atoms. The molecule has 0 aliphatic carbocycles. The number of nitrogens with one attached hydrogen (secondary N) is 3. The summed E-state index contributed by atoms with van der Waals surface area (Å²) >= 11 is 0. The van der Waals surface area contributed by atoms with Crippen LogP contribution in [0.25, 0.3) is 0 Å². The van der Waals surface area contributed by atoms with E-state index in [1.807, 2.05) is 18.2 Å². The minimum absolute atomic E-state index is 0.0724. The number of anilines is 1. The molecule has 0 aromatic heterocycles. The fraction of sp³-hybridized carbons (Fsp3) is 0.619. The van der Waals surface area contributed by atoms with E-state index >= 15 is 0 Å². The van der Waals surface area contributed by atoms with Gasteiger partial charge in [-0.15, -0.1) is 0 Å². The van der Waals surface area contributed by atoms with Gasteiger partial charge in [0.25, 0.3) is 0 Å². The molecule has 3 unspecified atom stereocenters. The maximum Gasteiger partial charge on any atom is 0.225 e. The largest absolute Gasteiger partial charge is 0.373 e. The van der Waals surface area contributed by atoms with Crippen LogP contribution >= 0.6 is 0 Å². The second-order valence-electron chi connectivity index (χ2n) is 7.88. The number of carbonyl (C=O) groups excluding carboxylic acids is 1. The van der Waals surface area contributed by atoms with E-state index in [0.29, 0.717) is 25.6 Å². The van der Waals surface area contributed by atoms with Crippen molar-refractivity contribution in [3.05, 3.63) is 29.8 Å². The number of hydrogen-bond donors (Lipinski definition) is 3. The molecule has 4 rings (SSSR count). The van der Waals surface area contributed by atoms with Crippen molar-refractivity contribution in [3.63, 3.8) is 0 Å². The standard InChI is InChI=1S/C21H31N5O2/c1-2-22-21(24-12-17-13-26-9-5-6-16(26)14-28-17)23-11-15-10-20(27)25-19-8-4-3-7-18(15)19/h3-4,7-8,15-17H,2,5-6,9-14H2,1H3,(H,25,27)(H2,22,23,24). The second kappa shape index (κ2) is 8.92. The van der Waals surface area contributed by atoms with Crippen LogP contribution in [-0.4, -0.2) is 68.2 Å². The number of ether oxygens (including phenoxy) is 1. The molecule has 0 bridgehead atoms. The summed E-state index contributed by atoms with van der Waals surface area (Å²) in [5.74, 6) is 1.01. The second-order valence-corrected chi connectivity index (χ2v) is 7.88. The van der Waals surface area contributed by atoms with E-state index in [-0.39, 0.29) is 17.9 Å². The molecule has 1 aromatic rings. The Bertz CT molecular complexity index is 723. The lowest BCUT2D eigenvalue weighted by Crippen LogP contribution is -2.47. The Morgan fingerprint density at radius 1 is 1.36 bits per heavy atom. The normalized spacial score (nSPS) is 27.7. The molecule has 3 atom stereocenters. The van der Waals surface area contributed by atoms with E-state index in [0.717, 1.165) is 31.3 Å². The van der Waals surface area contributed by atoms with E-state index in [4.69, 9.17) is 9.73 Å². The van der Waals surface area contributed by atoms with E-state index < -0.39 is 0 Å². The number of carbonyl (C=O) groups is 1. The first-order valence-corrected chi connectivity index (χ1v) is 10.5. The molecule has 152 valence electrons. The maximum atomic E-state index is 12.0. The number of hydrogen-bond acceptors (Lipinski definition) is 4. The highest BCUT2D eigenvalue weighted by atomic mass is 16.5. The summed E-state index contributed by atoms with van der Waals surface area (Å²) in [6.07, 6.45) is 3.19. The fourth-order valence-corrected chi connectivity index (χ4v) is 4.43.